The van der Waals surface area contributed by atoms with Gasteiger partial charge in [-0.2, -0.15) is 0 Å². The van der Waals surface area contributed by atoms with Crippen LogP contribution in [0.3, 0.4) is 0 Å². The second kappa shape index (κ2) is 6.21. The third-order valence-corrected chi connectivity index (χ3v) is 4.35. The third-order valence-electron chi connectivity index (χ3n) is 4.35. The quantitative estimate of drug-likeness (QED) is 0.697. The van der Waals surface area contributed by atoms with Crippen LogP contribution in [0.1, 0.15) is 11.3 Å². The maximum atomic E-state index is 12.5. The number of imidazole rings is 1. The lowest BCUT2D eigenvalue weighted by Gasteiger charge is -2.35. The molecule has 0 spiro atoms. The first-order valence-corrected chi connectivity index (χ1v) is 7.51. The number of carbonyl (C=O) groups is 2. The number of carbonyl (C=O) groups excluding carboxylic acids is 1. The summed E-state index contributed by atoms with van der Waals surface area (Å²) in [5.41, 5.74) is 1.66. The number of aromatic nitrogens is 2. The van der Waals surface area contributed by atoms with E-state index in [2.05, 4.69) is 15.3 Å². The minimum Gasteiger partial charge on any atom is -0.477 e. The fourth-order valence-corrected chi connectivity index (χ4v) is 3.17. The molecule has 0 bridgehead atoms. The summed E-state index contributed by atoms with van der Waals surface area (Å²) in [6.07, 6.45) is 3.35. The number of carboxylic acid groups (broad SMARTS) is 1. The Morgan fingerprint density at radius 3 is 2.70 bits per heavy atom. The van der Waals surface area contributed by atoms with Crippen LogP contribution < -0.4 is 5.32 Å². The van der Waals surface area contributed by atoms with Crippen molar-refractivity contribution >= 4 is 12.0 Å². The number of benzene rings is 1. The molecule has 2 heterocycles. The van der Waals surface area contributed by atoms with E-state index in [0.29, 0.717) is 25.3 Å². The van der Waals surface area contributed by atoms with E-state index in [4.69, 9.17) is 0 Å². The molecule has 1 saturated heterocycles. The molecule has 23 heavy (non-hydrogen) atoms. The van der Waals surface area contributed by atoms with E-state index in [0.717, 1.165) is 5.56 Å². The highest BCUT2D eigenvalue weighted by atomic mass is 16.4. The summed E-state index contributed by atoms with van der Waals surface area (Å²) in [7, 11) is 0. The number of aliphatic carboxylic acids is 1. The third kappa shape index (κ3) is 2.95. The predicted octanol–water partition coefficient (Wildman–Crippen LogP) is 1.15. The molecule has 2 atom stereocenters. The highest BCUT2D eigenvalue weighted by Gasteiger charge is 2.51. The molecule has 0 radical (unpaired) electrons. The Hall–Kier alpha value is -2.67. The molecule has 1 aromatic carbocycles. The molecule has 0 aliphatic carbocycles. The lowest BCUT2D eigenvalue weighted by Crippen LogP contribution is -2.60. The van der Waals surface area contributed by atoms with Gasteiger partial charge < -0.3 is 10.1 Å². The van der Waals surface area contributed by atoms with Gasteiger partial charge in [0.05, 0.1) is 19.3 Å². The van der Waals surface area contributed by atoms with Gasteiger partial charge in [-0.05, 0) is 0 Å². The molecular formula is C16H19N4O3+. The fraction of sp³-hybridized carbons (Fsp3) is 0.312. The number of carboxylic acids is 1. The number of urea groups is 1. The van der Waals surface area contributed by atoms with Gasteiger partial charge in [0.15, 0.2) is 0 Å². The molecule has 1 aliphatic rings. The van der Waals surface area contributed by atoms with Crippen LogP contribution in [0.25, 0.3) is 0 Å². The van der Waals surface area contributed by atoms with Crippen molar-refractivity contribution in [1.29, 1.82) is 0 Å². The van der Waals surface area contributed by atoms with E-state index in [-0.39, 0.29) is 16.9 Å². The highest BCUT2D eigenvalue weighted by molar-refractivity contribution is 5.78. The lowest BCUT2D eigenvalue weighted by atomic mass is 10.1. The minimum absolute atomic E-state index is 0.127. The maximum absolute atomic E-state index is 12.5. The monoisotopic (exact) mass is 315 g/mol. The van der Waals surface area contributed by atoms with Crippen LogP contribution in [0, 0.1) is 0 Å². The van der Waals surface area contributed by atoms with Crippen molar-refractivity contribution in [1.82, 2.24) is 15.3 Å². The Kier molecular flexibility index (Phi) is 4.12. The molecule has 1 fully saturated rings. The van der Waals surface area contributed by atoms with Crippen molar-refractivity contribution in [3.8, 4) is 0 Å². The zero-order chi connectivity index (χ0) is 16.3. The number of rotatable bonds is 6. The standard InChI is InChI=1S/C16H18N4O3/c21-15(22)14(8-13-9-17-11-19-13)20(7-6-18-16(20)23)10-12-4-2-1-3-5-12/h1-5,9,11,14H,6-8,10H2,(H2-,17,18,19,21,22,23)/p+1/t14-,20?/m0/s1. The minimum atomic E-state index is -0.979. The number of amides is 2. The van der Waals surface area contributed by atoms with E-state index < -0.39 is 12.0 Å². The number of hydrogen-bond donors (Lipinski definition) is 3. The molecular weight excluding hydrogens is 296 g/mol. The number of nitrogens with one attached hydrogen (secondary N) is 2. The van der Waals surface area contributed by atoms with Crippen LogP contribution in [0.15, 0.2) is 42.9 Å². The Balaban J connectivity index is 1.95. The zero-order valence-corrected chi connectivity index (χ0v) is 12.6. The predicted molar refractivity (Wildman–Crippen MR) is 82.4 cm³/mol. The van der Waals surface area contributed by atoms with Gasteiger partial charge in [0.25, 0.3) is 0 Å². The number of aromatic amines is 1. The Morgan fingerprint density at radius 2 is 2.13 bits per heavy atom. The summed E-state index contributed by atoms with van der Waals surface area (Å²) in [6.45, 7) is 1.30. The summed E-state index contributed by atoms with van der Waals surface area (Å²) < 4.78 is -0.127. The summed E-state index contributed by atoms with van der Waals surface area (Å²) in [6, 6.07) is 8.42. The molecule has 1 aromatic heterocycles. The molecule has 3 N–H and O–H groups in total. The normalized spacial score (nSPS) is 21.8. The topological polar surface area (TPSA) is 95.1 Å². The molecule has 1 unspecified atom stereocenters. The van der Waals surface area contributed by atoms with Crippen LogP contribution in [-0.2, 0) is 17.8 Å². The van der Waals surface area contributed by atoms with Crippen molar-refractivity contribution in [3.05, 3.63) is 54.1 Å². The number of nitrogens with zero attached hydrogens (tertiary/aromatic N) is 2. The van der Waals surface area contributed by atoms with E-state index in [1.165, 1.54) is 6.33 Å². The van der Waals surface area contributed by atoms with Gasteiger partial charge in [0, 0.05) is 17.5 Å². The van der Waals surface area contributed by atoms with Crippen LogP contribution in [-0.4, -0.2) is 50.7 Å². The molecule has 2 amide bonds. The number of hydrogen-bond acceptors (Lipinski definition) is 3. The first kappa shape index (κ1) is 15.2. The smallest absolute Gasteiger partial charge is 0.417 e. The van der Waals surface area contributed by atoms with E-state index in [1.54, 1.807) is 6.20 Å². The molecule has 2 aromatic rings. The average Bonchev–Trinajstić information content (AvgIpc) is 3.17. The van der Waals surface area contributed by atoms with Gasteiger partial charge in [0.1, 0.15) is 13.1 Å². The summed E-state index contributed by atoms with van der Waals surface area (Å²) >= 11 is 0. The lowest BCUT2D eigenvalue weighted by molar-refractivity contribution is -0.871. The summed E-state index contributed by atoms with van der Waals surface area (Å²) in [5, 5.41) is 12.6. The zero-order valence-electron chi connectivity index (χ0n) is 12.6. The van der Waals surface area contributed by atoms with Crippen molar-refractivity contribution in [3.63, 3.8) is 0 Å². The largest absolute Gasteiger partial charge is 0.477 e. The molecule has 1 aliphatic heterocycles. The van der Waals surface area contributed by atoms with Gasteiger partial charge in [-0.15, -0.1) is 0 Å². The van der Waals surface area contributed by atoms with Gasteiger partial charge in [-0.1, -0.05) is 30.3 Å². The van der Waals surface area contributed by atoms with Crippen molar-refractivity contribution < 1.29 is 19.2 Å². The first-order valence-electron chi connectivity index (χ1n) is 7.51. The van der Waals surface area contributed by atoms with Gasteiger partial charge in [-0.3, -0.25) is 5.32 Å². The first-order chi connectivity index (χ1) is 11.1. The molecule has 120 valence electrons. The number of quaternary nitrogens is 1. The van der Waals surface area contributed by atoms with Crippen molar-refractivity contribution in [2.75, 3.05) is 13.1 Å². The SMILES string of the molecule is O=C(O)[C@H](Cc1cnc[nH]1)[N+]1(Cc2ccccc2)CCNC1=O. The fourth-order valence-electron chi connectivity index (χ4n) is 3.17. The second-order valence-corrected chi connectivity index (χ2v) is 5.77. The van der Waals surface area contributed by atoms with Crippen molar-refractivity contribution in [2.24, 2.45) is 0 Å². The van der Waals surface area contributed by atoms with E-state index in [9.17, 15) is 14.7 Å². The van der Waals surface area contributed by atoms with E-state index in [1.807, 2.05) is 30.3 Å². The van der Waals surface area contributed by atoms with Crippen LogP contribution in [0.2, 0.25) is 0 Å². The maximum Gasteiger partial charge on any atom is 0.417 e. The van der Waals surface area contributed by atoms with Crippen LogP contribution >= 0.6 is 0 Å². The summed E-state index contributed by atoms with van der Waals surface area (Å²) in [5.74, 6) is -0.979. The average molecular weight is 315 g/mol. The van der Waals surface area contributed by atoms with Crippen LogP contribution in [0.4, 0.5) is 4.79 Å². The molecule has 0 saturated carbocycles. The number of H-pyrrole nitrogens is 1. The molecule has 7 heteroatoms. The highest BCUT2D eigenvalue weighted by Crippen LogP contribution is 2.25. The Morgan fingerprint density at radius 1 is 1.35 bits per heavy atom. The molecule has 7 nitrogen and oxygen atoms in total. The van der Waals surface area contributed by atoms with Gasteiger partial charge in [0.2, 0.25) is 6.04 Å². The van der Waals surface area contributed by atoms with Crippen molar-refractivity contribution in [2.45, 2.75) is 19.0 Å². The Bertz CT molecular complexity index is 687. The van der Waals surface area contributed by atoms with Gasteiger partial charge >= 0.3 is 12.0 Å². The van der Waals surface area contributed by atoms with E-state index >= 15 is 0 Å². The summed E-state index contributed by atoms with van der Waals surface area (Å²) in [4.78, 5) is 31.3. The van der Waals surface area contributed by atoms with Gasteiger partial charge in [-0.25, -0.2) is 19.1 Å². The van der Waals surface area contributed by atoms with Crippen LogP contribution in [0.5, 0.6) is 0 Å². The molecule has 3 rings (SSSR count). The Labute approximate surface area is 133 Å². The second-order valence-electron chi connectivity index (χ2n) is 5.77.